The van der Waals surface area contributed by atoms with Gasteiger partial charge in [-0.2, -0.15) is 0 Å². The second kappa shape index (κ2) is 5.75. The van der Waals surface area contributed by atoms with E-state index >= 15 is 0 Å². The minimum Gasteiger partial charge on any atom is -0.362 e. The van der Waals surface area contributed by atoms with Gasteiger partial charge in [0, 0.05) is 34.1 Å². The summed E-state index contributed by atoms with van der Waals surface area (Å²) in [4.78, 5) is 4.38. The fourth-order valence-electron chi connectivity index (χ4n) is 1.18. The van der Waals surface area contributed by atoms with Crippen molar-refractivity contribution in [2.45, 2.75) is 31.6 Å². The number of nitrogens with one attached hydrogen (secondary N) is 1. The quantitative estimate of drug-likeness (QED) is 0.795. The maximum Gasteiger partial charge on any atom is 0.157 e. The number of thioether (sulfide) groups is 1. The van der Waals surface area contributed by atoms with Crippen LogP contribution in [0.4, 0.5) is 0 Å². The van der Waals surface area contributed by atoms with E-state index in [2.05, 4.69) is 24.2 Å². The molecular weight excluding hydrogens is 216 g/mol. The van der Waals surface area contributed by atoms with Gasteiger partial charge in [0.25, 0.3) is 0 Å². The van der Waals surface area contributed by atoms with Crippen LogP contribution >= 0.6 is 11.8 Å². The van der Waals surface area contributed by atoms with Crippen LogP contribution in [0, 0.1) is 0 Å². The summed E-state index contributed by atoms with van der Waals surface area (Å²) in [6, 6.07) is 0.371. The zero-order valence-corrected chi connectivity index (χ0v) is 10.6. The Morgan fingerprint density at radius 1 is 1.79 bits per heavy atom. The average Bonchev–Trinajstić information content (AvgIpc) is 2.48. The van der Waals surface area contributed by atoms with Crippen LogP contribution in [0.3, 0.4) is 0 Å². The lowest BCUT2D eigenvalue weighted by molar-refractivity contribution is 0.638. The molecule has 5 heteroatoms. The molecule has 0 spiro atoms. The monoisotopic (exact) mass is 234 g/mol. The highest BCUT2D eigenvalue weighted by atomic mass is 32.2. The molecule has 0 saturated carbocycles. The summed E-state index contributed by atoms with van der Waals surface area (Å²) in [5, 5.41) is 4.99. The van der Waals surface area contributed by atoms with E-state index in [9.17, 15) is 4.21 Å². The highest BCUT2D eigenvalue weighted by Gasteiger charge is 2.16. The summed E-state index contributed by atoms with van der Waals surface area (Å²) in [7, 11) is -0.683. The molecule has 0 aromatic rings. The maximum absolute atomic E-state index is 10.9. The first-order valence-electron chi connectivity index (χ1n) is 4.85. The highest BCUT2D eigenvalue weighted by molar-refractivity contribution is 8.14. The third kappa shape index (κ3) is 4.46. The van der Waals surface area contributed by atoms with Crippen LogP contribution in [-0.4, -0.2) is 39.2 Å². The van der Waals surface area contributed by atoms with Crippen molar-refractivity contribution in [1.82, 2.24) is 5.32 Å². The van der Waals surface area contributed by atoms with E-state index in [0.717, 1.165) is 23.9 Å². The molecule has 1 aliphatic heterocycles. The fraction of sp³-hybridized carbons (Fsp3) is 0.889. The van der Waals surface area contributed by atoms with Gasteiger partial charge in [-0.3, -0.25) is 9.20 Å². The third-order valence-electron chi connectivity index (χ3n) is 2.01. The smallest absolute Gasteiger partial charge is 0.157 e. The summed E-state index contributed by atoms with van der Waals surface area (Å²) in [5.74, 6) is 0.766. The van der Waals surface area contributed by atoms with Crippen molar-refractivity contribution < 1.29 is 4.21 Å². The number of hydrogen-bond donors (Lipinski definition) is 1. The molecule has 0 aromatic carbocycles. The first kappa shape index (κ1) is 12.0. The molecule has 0 fully saturated rings. The molecule has 3 nitrogen and oxygen atoms in total. The standard InChI is InChI=1S/C9H18N2OS2/c1-7(4-5-14(3)12)11-9-10-6-8(2)13-9/h7-8H,4-6H2,1-3H3,(H,10,11). The molecule has 0 saturated heterocycles. The Bertz CT molecular complexity index is 243. The van der Waals surface area contributed by atoms with Gasteiger partial charge in [0.05, 0.1) is 6.54 Å². The van der Waals surface area contributed by atoms with Crippen molar-refractivity contribution >= 4 is 27.7 Å². The molecule has 3 unspecified atom stereocenters. The average molecular weight is 234 g/mol. The molecule has 1 aliphatic rings. The van der Waals surface area contributed by atoms with Gasteiger partial charge in [-0.1, -0.05) is 18.7 Å². The van der Waals surface area contributed by atoms with E-state index in [1.807, 2.05) is 0 Å². The van der Waals surface area contributed by atoms with E-state index in [4.69, 9.17) is 0 Å². The van der Waals surface area contributed by atoms with Crippen molar-refractivity contribution in [1.29, 1.82) is 0 Å². The Kier molecular flexibility index (Phi) is 4.95. The van der Waals surface area contributed by atoms with Gasteiger partial charge >= 0.3 is 0 Å². The molecule has 82 valence electrons. The lowest BCUT2D eigenvalue weighted by atomic mass is 10.3. The number of amidine groups is 1. The first-order valence-corrected chi connectivity index (χ1v) is 7.46. The van der Waals surface area contributed by atoms with Crippen molar-refractivity contribution in [3.05, 3.63) is 0 Å². The summed E-state index contributed by atoms with van der Waals surface area (Å²) in [6.07, 6.45) is 2.69. The molecule has 1 heterocycles. The second-order valence-corrected chi connectivity index (χ2v) is 6.67. The molecule has 1 rings (SSSR count). The minimum absolute atomic E-state index is 0.371. The first-order chi connectivity index (χ1) is 6.58. The summed E-state index contributed by atoms with van der Waals surface area (Å²) in [5.41, 5.74) is 0. The Labute approximate surface area is 92.6 Å². The topological polar surface area (TPSA) is 41.5 Å². The zero-order chi connectivity index (χ0) is 10.6. The number of nitrogens with zero attached hydrogens (tertiary/aromatic N) is 1. The van der Waals surface area contributed by atoms with E-state index in [-0.39, 0.29) is 0 Å². The van der Waals surface area contributed by atoms with Crippen molar-refractivity contribution in [2.24, 2.45) is 4.99 Å². The largest absolute Gasteiger partial charge is 0.362 e. The zero-order valence-electron chi connectivity index (χ0n) is 8.95. The van der Waals surface area contributed by atoms with Crippen LogP contribution < -0.4 is 5.32 Å². The molecule has 0 bridgehead atoms. The van der Waals surface area contributed by atoms with Crippen LogP contribution in [0.5, 0.6) is 0 Å². The molecule has 0 aliphatic carbocycles. The molecule has 0 amide bonds. The Hall–Kier alpha value is -0.0300. The van der Waals surface area contributed by atoms with Crippen LogP contribution in [0.25, 0.3) is 0 Å². The van der Waals surface area contributed by atoms with Crippen LogP contribution in [0.2, 0.25) is 0 Å². The molecule has 3 atom stereocenters. The third-order valence-corrected chi connectivity index (χ3v) is 3.85. The van der Waals surface area contributed by atoms with E-state index in [1.54, 1.807) is 18.0 Å². The van der Waals surface area contributed by atoms with E-state index < -0.39 is 10.8 Å². The van der Waals surface area contributed by atoms with Gasteiger partial charge in [0.15, 0.2) is 5.17 Å². The maximum atomic E-state index is 10.9. The number of hydrogen-bond acceptors (Lipinski definition) is 4. The highest BCUT2D eigenvalue weighted by Crippen LogP contribution is 2.18. The van der Waals surface area contributed by atoms with Gasteiger partial charge in [0.1, 0.15) is 0 Å². The van der Waals surface area contributed by atoms with Crippen molar-refractivity contribution in [2.75, 3.05) is 18.6 Å². The van der Waals surface area contributed by atoms with Gasteiger partial charge < -0.3 is 5.32 Å². The molecule has 0 aromatic heterocycles. The Morgan fingerprint density at radius 2 is 2.50 bits per heavy atom. The predicted molar refractivity (Wildman–Crippen MR) is 65.5 cm³/mol. The lowest BCUT2D eigenvalue weighted by Crippen LogP contribution is -2.31. The molecule has 0 radical (unpaired) electrons. The van der Waals surface area contributed by atoms with E-state index in [0.29, 0.717) is 11.3 Å². The van der Waals surface area contributed by atoms with Crippen molar-refractivity contribution in [3.8, 4) is 0 Å². The van der Waals surface area contributed by atoms with E-state index in [1.165, 1.54) is 0 Å². The molecule has 1 N–H and O–H groups in total. The van der Waals surface area contributed by atoms with Crippen LogP contribution in [0.1, 0.15) is 20.3 Å². The Morgan fingerprint density at radius 3 is 3.00 bits per heavy atom. The SMILES string of the molecule is CC(CCS(C)=O)NC1=NCC(C)S1. The molecule has 14 heavy (non-hydrogen) atoms. The van der Waals surface area contributed by atoms with Gasteiger partial charge in [-0.05, 0) is 13.3 Å². The van der Waals surface area contributed by atoms with Gasteiger partial charge in [-0.15, -0.1) is 0 Å². The van der Waals surface area contributed by atoms with Crippen LogP contribution in [0.15, 0.2) is 4.99 Å². The van der Waals surface area contributed by atoms with Gasteiger partial charge in [-0.25, -0.2) is 0 Å². The minimum atomic E-state index is -0.683. The summed E-state index contributed by atoms with van der Waals surface area (Å²) in [6.45, 7) is 5.20. The lowest BCUT2D eigenvalue weighted by Gasteiger charge is -2.13. The number of aliphatic imine (C=N–C) groups is 1. The Balaban J connectivity index is 2.20. The fourth-order valence-corrected chi connectivity index (χ4v) is 2.82. The van der Waals surface area contributed by atoms with Crippen LogP contribution in [-0.2, 0) is 10.8 Å². The molecular formula is C9H18N2OS2. The normalized spacial score (nSPS) is 25.6. The van der Waals surface area contributed by atoms with Crippen molar-refractivity contribution in [3.63, 3.8) is 0 Å². The predicted octanol–water partition coefficient (Wildman–Crippen LogP) is 1.22. The summed E-state index contributed by atoms with van der Waals surface area (Å²) >= 11 is 1.79. The number of rotatable bonds is 4. The summed E-state index contributed by atoms with van der Waals surface area (Å²) < 4.78 is 10.9. The van der Waals surface area contributed by atoms with Gasteiger partial charge in [0.2, 0.25) is 0 Å². The second-order valence-electron chi connectivity index (χ2n) is 3.69.